The summed E-state index contributed by atoms with van der Waals surface area (Å²) in [4.78, 5) is 25.5. The van der Waals surface area contributed by atoms with Crippen molar-refractivity contribution < 1.29 is 14.3 Å². The Morgan fingerprint density at radius 3 is 2.71 bits per heavy atom. The Balaban J connectivity index is 2.09. The second kappa shape index (κ2) is 6.29. The number of ether oxygens (including phenoxy) is 1. The second-order valence-electron chi connectivity index (χ2n) is 5.74. The molecule has 0 saturated carbocycles. The topological polar surface area (TPSA) is 46.6 Å². The normalized spacial score (nSPS) is 19.4. The number of aryl methyl sites for hydroxylation is 1. The molecule has 1 fully saturated rings. The predicted octanol–water partition coefficient (Wildman–Crippen LogP) is 2.92. The molecule has 21 heavy (non-hydrogen) atoms. The van der Waals surface area contributed by atoms with Crippen molar-refractivity contribution in [3.63, 3.8) is 0 Å². The van der Waals surface area contributed by atoms with Crippen LogP contribution >= 0.6 is 0 Å². The molecule has 1 heterocycles. The zero-order valence-corrected chi connectivity index (χ0v) is 13.2. The number of hydrogen-bond donors (Lipinski definition) is 0. The van der Waals surface area contributed by atoms with Crippen molar-refractivity contribution in [1.29, 1.82) is 0 Å². The van der Waals surface area contributed by atoms with Crippen molar-refractivity contribution in [2.45, 2.75) is 52.7 Å². The minimum Gasteiger partial charge on any atom is -0.456 e. The third-order valence-electron chi connectivity index (χ3n) is 4.31. The predicted molar refractivity (Wildman–Crippen MR) is 80.8 cm³/mol. The van der Waals surface area contributed by atoms with Gasteiger partial charge in [0.2, 0.25) is 5.91 Å². The zero-order chi connectivity index (χ0) is 15.6. The smallest absolute Gasteiger partial charge is 0.329 e. The van der Waals surface area contributed by atoms with Crippen LogP contribution in [0.3, 0.4) is 0 Å². The van der Waals surface area contributed by atoms with Crippen LogP contribution in [0.25, 0.3) is 0 Å². The third-order valence-corrected chi connectivity index (χ3v) is 4.31. The summed E-state index contributed by atoms with van der Waals surface area (Å²) in [5.74, 6) is -0.357. The molecule has 1 aromatic carbocycles. The van der Waals surface area contributed by atoms with E-state index >= 15 is 0 Å². The molecule has 1 aliphatic rings. The molecule has 0 aliphatic carbocycles. The van der Waals surface area contributed by atoms with Gasteiger partial charge in [-0.2, -0.15) is 0 Å². The highest BCUT2D eigenvalue weighted by Crippen LogP contribution is 2.26. The molecule has 1 aromatic rings. The van der Waals surface area contributed by atoms with E-state index in [1.807, 2.05) is 39.0 Å². The van der Waals surface area contributed by atoms with Crippen molar-refractivity contribution >= 4 is 11.9 Å². The van der Waals surface area contributed by atoms with Crippen LogP contribution in [0.4, 0.5) is 0 Å². The first-order valence-corrected chi connectivity index (χ1v) is 7.45. The largest absolute Gasteiger partial charge is 0.456 e. The Bertz CT molecular complexity index is 553. The lowest BCUT2D eigenvalue weighted by Gasteiger charge is -2.24. The molecule has 0 spiro atoms. The quantitative estimate of drug-likeness (QED) is 0.804. The summed E-state index contributed by atoms with van der Waals surface area (Å²) < 4.78 is 5.60. The highest BCUT2D eigenvalue weighted by molar-refractivity contribution is 5.84. The minimum absolute atomic E-state index is 0.0613. The van der Waals surface area contributed by atoms with Crippen molar-refractivity contribution in [1.82, 2.24) is 4.90 Å². The maximum absolute atomic E-state index is 12.3. The van der Waals surface area contributed by atoms with Crippen LogP contribution in [-0.4, -0.2) is 29.4 Å². The lowest BCUT2D eigenvalue weighted by molar-refractivity contribution is -0.157. The van der Waals surface area contributed by atoms with Gasteiger partial charge < -0.3 is 9.64 Å². The van der Waals surface area contributed by atoms with Crippen LogP contribution in [0.2, 0.25) is 0 Å². The van der Waals surface area contributed by atoms with Crippen LogP contribution in [-0.2, 0) is 14.3 Å². The number of benzene rings is 1. The molecule has 0 radical (unpaired) electrons. The minimum atomic E-state index is -0.421. The molecule has 1 saturated heterocycles. The molecule has 4 heteroatoms. The number of amides is 1. The molecule has 1 aliphatic heterocycles. The number of rotatable bonds is 3. The van der Waals surface area contributed by atoms with Gasteiger partial charge >= 0.3 is 5.97 Å². The van der Waals surface area contributed by atoms with Crippen molar-refractivity contribution in [3.05, 3.63) is 34.9 Å². The van der Waals surface area contributed by atoms with Crippen LogP contribution in [0.15, 0.2) is 18.2 Å². The number of carbonyl (C=O) groups excluding carboxylic acids is 2. The number of hydrogen-bond acceptors (Lipinski definition) is 3. The molecule has 4 nitrogen and oxygen atoms in total. The van der Waals surface area contributed by atoms with E-state index in [4.69, 9.17) is 4.74 Å². The Morgan fingerprint density at radius 1 is 1.33 bits per heavy atom. The monoisotopic (exact) mass is 289 g/mol. The van der Waals surface area contributed by atoms with Gasteiger partial charge in [0.05, 0.1) is 0 Å². The first-order valence-electron chi connectivity index (χ1n) is 7.45. The molecule has 0 N–H and O–H groups in total. The standard InChI is InChI=1S/C17H23NO3/c1-11-7-5-8-15(12(11)2)13(3)21-17(20)16-9-6-10-18(16)14(4)19/h5,7-8,13,16H,6,9-10H2,1-4H3. The van der Waals surface area contributed by atoms with Gasteiger partial charge in [0.25, 0.3) is 0 Å². The first kappa shape index (κ1) is 15.5. The van der Waals surface area contributed by atoms with Crippen molar-refractivity contribution in [3.8, 4) is 0 Å². The van der Waals surface area contributed by atoms with E-state index in [9.17, 15) is 9.59 Å². The summed E-state index contributed by atoms with van der Waals surface area (Å²) in [7, 11) is 0. The van der Waals surface area contributed by atoms with Gasteiger partial charge in [-0.25, -0.2) is 4.79 Å². The van der Waals surface area contributed by atoms with E-state index in [-0.39, 0.29) is 18.0 Å². The second-order valence-corrected chi connectivity index (χ2v) is 5.74. The highest BCUT2D eigenvalue weighted by Gasteiger charge is 2.34. The number of nitrogens with zero attached hydrogens (tertiary/aromatic N) is 1. The van der Waals surface area contributed by atoms with E-state index in [1.165, 1.54) is 12.5 Å². The summed E-state index contributed by atoms with van der Waals surface area (Å²) >= 11 is 0. The fourth-order valence-corrected chi connectivity index (χ4v) is 2.92. The molecular weight excluding hydrogens is 266 g/mol. The molecule has 1 amide bonds. The summed E-state index contributed by atoms with van der Waals surface area (Å²) in [5.41, 5.74) is 3.35. The van der Waals surface area contributed by atoms with Gasteiger partial charge in [0.1, 0.15) is 12.1 Å². The maximum Gasteiger partial charge on any atom is 0.329 e. The Kier molecular flexibility index (Phi) is 4.66. The number of likely N-dealkylation sites (tertiary alicyclic amines) is 1. The summed E-state index contributed by atoms with van der Waals surface area (Å²) in [5, 5.41) is 0. The van der Waals surface area contributed by atoms with Crippen LogP contribution in [0, 0.1) is 13.8 Å². The molecule has 0 aromatic heterocycles. The number of esters is 1. The third kappa shape index (κ3) is 3.26. The molecule has 114 valence electrons. The van der Waals surface area contributed by atoms with E-state index < -0.39 is 6.04 Å². The Labute approximate surface area is 126 Å². The van der Waals surface area contributed by atoms with E-state index in [0.717, 1.165) is 17.5 Å². The molecule has 0 bridgehead atoms. The van der Waals surface area contributed by atoms with Gasteiger partial charge in [0, 0.05) is 13.5 Å². The van der Waals surface area contributed by atoms with Crippen molar-refractivity contribution in [2.24, 2.45) is 0 Å². The molecule has 2 unspecified atom stereocenters. The van der Waals surface area contributed by atoms with Crippen LogP contribution < -0.4 is 0 Å². The Morgan fingerprint density at radius 2 is 2.05 bits per heavy atom. The van der Waals surface area contributed by atoms with E-state index in [2.05, 4.69) is 0 Å². The van der Waals surface area contributed by atoms with Gasteiger partial charge in [0.15, 0.2) is 0 Å². The summed E-state index contributed by atoms with van der Waals surface area (Å²) in [6.07, 6.45) is 1.25. The first-order chi connectivity index (χ1) is 9.91. The van der Waals surface area contributed by atoms with Gasteiger partial charge in [-0.05, 0) is 50.3 Å². The lowest BCUT2D eigenvalue weighted by atomic mass is 10.00. The lowest BCUT2D eigenvalue weighted by Crippen LogP contribution is -2.40. The van der Waals surface area contributed by atoms with E-state index in [1.54, 1.807) is 4.90 Å². The molecule has 2 rings (SSSR count). The van der Waals surface area contributed by atoms with Crippen LogP contribution in [0.5, 0.6) is 0 Å². The SMILES string of the molecule is CC(=O)N1CCCC1C(=O)OC(C)c1cccc(C)c1C. The number of carbonyl (C=O) groups is 2. The molecular formula is C17H23NO3. The highest BCUT2D eigenvalue weighted by atomic mass is 16.5. The van der Waals surface area contributed by atoms with Crippen LogP contribution in [0.1, 0.15) is 49.5 Å². The maximum atomic E-state index is 12.3. The van der Waals surface area contributed by atoms with Crippen molar-refractivity contribution in [2.75, 3.05) is 6.54 Å². The zero-order valence-electron chi connectivity index (χ0n) is 13.2. The van der Waals surface area contributed by atoms with E-state index in [0.29, 0.717) is 13.0 Å². The Hall–Kier alpha value is -1.84. The molecule has 2 atom stereocenters. The summed E-state index contributed by atoms with van der Waals surface area (Å²) in [6.45, 7) is 8.10. The average Bonchev–Trinajstić information content (AvgIpc) is 2.91. The average molecular weight is 289 g/mol. The fraction of sp³-hybridized carbons (Fsp3) is 0.529. The van der Waals surface area contributed by atoms with Gasteiger partial charge in [-0.1, -0.05) is 18.2 Å². The van der Waals surface area contributed by atoms with Gasteiger partial charge in [-0.15, -0.1) is 0 Å². The summed E-state index contributed by atoms with van der Waals surface area (Å²) in [6, 6.07) is 5.58. The fourth-order valence-electron chi connectivity index (χ4n) is 2.92. The van der Waals surface area contributed by atoms with Gasteiger partial charge in [-0.3, -0.25) is 4.79 Å².